The van der Waals surface area contributed by atoms with Crippen LogP contribution in [0.25, 0.3) is 0 Å². The number of anilines is 1. The maximum absolute atomic E-state index is 11.8. The van der Waals surface area contributed by atoms with Crippen LogP contribution in [-0.2, 0) is 0 Å². The number of amides is 1. The van der Waals surface area contributed by atoms with E-state index in [1.54, 1.807) is 18.2 Å². The van der Waals surface area contributed by atoms with E-state index >= 15 is 0 Å². The molecule has 0 bridgehead atoms. The van der Waals surface area contributed by atoms with Crippen molar-refractivity contribution in [1.82, 2.24) is 20.6 Å². The summed E-state index contributed by atoms with van der Waals surface area (Å²) in [4.78, 5) is 15.6. The van der Waals surface area contributed by atoms with E-state index in [9.17, 15) is 4.79 Å². The number of carbonyl (C=O) groups is 1. The molecule has 0 aliphatic rings. The van der Waals surface area contributed by atoms with Gasteiger partial charge < -0.3 is 0 Å². The maximum Gasteiger partial charge on any atom is 0.272 e. The largest absolute Gasteiger partial charge is 0.279 e. The minimum Gasteiger partial charge on any atom is -0.279 e. The smallest absolute Gasteiger partial charge is 0.272 e. The van der Waals surface area contributed by atoms with Gasteiger partial charge in [-0.3, -0.25) is 15.6 Å². The van der Waals surface area contributed by atoms with E-state index in [0.29, 0.717) is 5.02 Å². The fourth-order valence-electron chi connectivity index (χ4n) is 1.14. The number of hydrazine groups is 1. The number of halogens is 2. The molecule has 0 unspecified atom stereocenters. The second-order valence-corrected chi connectivity index (χ2v) is 3.91. The summed E-state index contributed by atoms with van der Waals surface area (Å²) < 4.78 is 0. The monoisotopic (exact) mass is 283 g/mol. The van der Waals surface area contributed by atoms with Gasteiger partial charge in [-0.25, -0.2) is 4.98 Å². The highest BCUT2D eigenvalue weighted by molar-refractivity contribution is 6.33. The lowest BCUT2D eigenvalue weighted by molar-refractivity contribution is 0.0962. The number of nitrogens with zero attached hydrogens (tertiary/aromatic N) is 3. The third kappa shape index (κ3) is 2.85. The molecule has 1 amide bonds. The fourth-order valence-corrected chi connectivity index (χ4v) is 1.49. The summed E-state index contributed by atoms with van der Waals surface area (Å²) in [6, 6.07) is 4.70. The van der Waals surface area contributed by atoms with Crippen LogP contribution >= 0.6 is 23.2 Å². The maximum atomic E-state index is 11.8. The first-order chi connectivity index (χ1) is 8.68. The van der Waals surface area contributed by atoms with Gasteiger partial charge in [0.25, 0.3) is 5.91 Å². The van der Waals surface area contributed by atoms with Gasteiger partial charge in [-0.2, -0.15) is 5.10 Å². The molecule has 0 saturated heterocycles. The molecule has 0 aliphatic carbocycles. The summed E-state index contributed by atoms with van der Waals surface area (Å²) in [5, 5.41) is 7.79. The van der Waals surface area contributed by atoms with E-state index in [0.717, 1.165) is 0 Å². The quantitative estimate of drug-likeness (QED) is 0.665. The zero-order valence-corrected chi connectivity index (χ0v) is 10.4. The Kier molecular flexibility index (Phi) is 3.91. The molecule has 18 heavy (non-hydrogen) atoms. The molecule has 0 atom stereocenters. The Morgan fingerprint density at radius 1 is 1.22 bits per heavy atom. The Hall–Kier alpha value is -1.92. The minimum atomic E-state index is -0.449. The number of nitrogens with one attached hydrogen (secondary N) is 2. The molecule has 8 heteroatoms. The van der Waals surface area contributed by atoms with Crippen molar-refractivity contribution in [3.05, 3.63) is 46.3 Å². The van der Waals surface area contributed by atoms with Crippen molar-refractivity contribution in [3.8, 4) is 0 Å². The predicted octanol–water partition coefficient (Wildman–Crippen LogP) is 1.94. The standard InChI is InChI=1S/C10H7Cl2N5O/c11-7-3-5-14-15-9(7)16-17-10(18)6-2-1-4-13-8(6)12/h1-5H,(H,15,16)(H,17,18). The molecule has 0 radical (unpaired) electrons. The predicted molar refractivity (Wildman–Crippen MR) is 67.4 cm³/mol. The first-order valence-electron chi connectivity index (χ1n) is 4.82. The van der Waals surface area contributed by atoms with Gasteiger partial charge in [0, 0.05) is 6.20 Å². The second kappa shape index (κ2) is 5.61. The SMILES string of the molecule is O=C(NNc1nnccc1Cl)c1cccnc1Cl. The molecule has 2 N–H and O–H groups in total. The van der Waals surface area contributed by atoms with Gasteiger partial charge >= 0.3 is 0 Å². The van der Waals surface area contributed by atoms with E-state index in [2.05, 4.69) is 26.0 Å². The molecule has 2 heterocycles. The van der Waals surface area contributed by atoms with Crippen molar-refractivity contribution in [3.63, 3.8) is 0 Å². The molecule has 0 aliphatic heterocycles. The Morgan fingerprint density at radius 2 is 2.06 bits per heavy atom. The molecule has 2 rings (SSSR count). The fraction of sp³-hybridized carbons (Fsp3) is 0. The first kappa shape index (κ1) is 12.5. The van der Waals surface area contributed by atoms with Gasteiger partial charge in [0.1, 0.15) is 5.15 Å². The van der Waals surface area contributed by atoms with Crippen LogP contribution in [0.2, 0.25) is 10.2 Å². The zero-order valence-electron chi connectivity index (χ0n) is 8.89. The van der Waals surface area contributed by atoms with Crippen LogP contribution < -0.4 is 10.9 Å². The van der Waals surface area contributed by atoms with Crippen LogP contribution in [-0.4, -0.2) is 21.1 Å². The molecular formula is C10H7Cl2N5O. The Labute approximate surface area is 112 Å². The van der Waals surface area contributed by atoms with Crippen LogP contribution in [0.3, 0.4) is 0 Å². The van der Waals surface area contributed by atoms with Crippen molar-refractivity contribution < 1.29 is 4.79 Å². The van der Waals surface area contributed by atoms with Crippen molar-refractivity contribution in [2.45, 2.75) is 0 Å². The molecule has 2 aromatic rings. The lowest BCUT2D eigenvalue weighted by atomic mass is 10.3. The highest BCUT2D eigenvalue weighted by Gasteiger charge is 2.10. The first-order valence-corrected chi connectivity index (χ1v) is 5.58. The molecule has 6 nitrogen and oxygen atoms in total. The number of rotatable bonds is 3. The highest BCUT2D eigenvalue weighted by Crippen LogP contribution is 2.15. The molecular weight excluding hydrogens is 277 g/mol. The van der Waals surface area contributed by atoms with E-state index in [1.165, 1.54) is 12.4 Å². The number of hydrogen-bond donors (Lipinski definition) is 2. The lowest BCUT2D eigenvalue weighted by Gasteiger charge is -2.08. The van der Waals surface area contributed by atoms with E-state index in [4.69, 9.17) is 23.2 Å². The van der Waals surface area contributed by atoms with Gasteiger partial charge in [-0.05, 0) is 18.2 Å². The van der Waals surface area contributed by atoms with Crippen LogP contribution in [0.5, 0.6) is 0 Å². The van der Waals surface area contributed by atoms with Gasteiger partial charge in [0.2, 0.25) is 0 Å². The van der Waals surface area contributed by atoms with Crippen LogP contribution in [0, 0.1) is 0 Å². The van der Waals surface area contributed by atoms with Crippen molar-refractivity contribution in [1.29, 1.82) is 0 Å². The summed E-state index contributed by atoms with van der Waals surface area (Å²) in [7, 11) is 0. The third-order valence-electron chi connectivity index (χ3n) is 1.97. The van der Waals surface area contributed by atoms with Crippen LogP contribution in [0.4, 0.5) is 5.82 Å². The Morgan fingerprint density at radius 3 is 2.78 bits per heavy atom. The molecule has 0 aromatic carbocycles. The molecule has 0 spiro atoms. The highest BCUT2D eigenvalue weighted by atomic mass is 35.5. The average Bonchev–Trinajstić information content (AvgIpc) is 2.38. The topological polar surface area (TPSA) is 79.8 Å². The van der Waals surface area contributed by atoms with Crippen LogP contribution in [0.15, 0.2) is 30.6 Å². The lowest BCUT2D eigenvalue weighted by Crippen LogP contribution is -2.30. The average molecular weight is 284 g/mol. The Balaban J connectivity index is 2.06. The summed E-state index contributed by atoms with van der Waals surface area (Å²) in [5.41, 5.74) is 5.19. The Bertz CT molecular complexity index is 578. The van der Waals surface area contributed by atoms with Crippen molar-refractivity contribution in [2.75, 3.05) is 5.43 Å². The van der Waals surface area contributed by atoms with Crippen molar-refractivity contribution in [2.24, 2.45) is 0 Å². The minimum absolute atomic E-state index is 0.113. The molecule has 2 aromatic heterocycles. The summed E-state index contributed by atoms with van der Waals surface area (Å²) in [6.07, 6.45) is 2.93. The number of aromatic nitrogens is 3. The summed E-state index contributed by atoms with van der Waals surface area (Å²) >= 11 is 11.6. The number of carbonyl (C=O) groups excluding carboxylic acids is 1. The van der Waals surface area contributed by atoms with E-state index in [1.807, 2.05) is 0 Å². The van der Waals surface area contributed by atoms with Gasteiger partial charge in [0.15, 0.2) is 5.82 Å². The molecule has 0 saturated carbocycles. The van der Waals surface area contributed by atoms with Gasteiger partial charge in [-0.15, -0.1) is 5.10 Å². The summed E-state index contributed by atoms with van der Waals surface area (Å²) in [6.45, 7) is 0. The summed E-state index contributed by atoms with van der Waals surface area (Å²) in [5.74, 6) is -0.206. The molecule has 92 valence electrons. The van der Waals surface area contributed by atoms with Gasteiger partial charge in [0.05, 0.1) is 16.8 Å². The van der Waals surface area contributed by atoms with E-state index < -0.39 is 5.91 Å². The molecule has 0 fully saturated rings. The second-order valence-electron chi connectivity index (χ2n) is 3.15. The van der Waals surface area contributed by atoms with Gasteiger partial charge in [-0.1, -0.05) is 23.2 Å². The number of hydrogen-bond acceptors (Lipinski definition) is 5. The normalized spacial score (nSPS) is 9.89. The van der Waals surface area contributed by atoms with E-state index in [-0.39, 0.29) is 16.5 Å². The van der Waals surface area contributed by atoms with Crippen LogP contribution in [0.1, 0.15) is 10.4 Å². The van der Waals surface area contributed by atoms with Crippen molar-refractivity contribution >= 4 is 34.9 Å². The zero-order chi connectivity index (χ0) is 13.0. The third-order valence-corrected chi connectivity index (χ3v) is 2.58. The number of pyridine rings is 1.